The van der Waals surface area contributed by atoms with Crippen LogP contribution in [0, 0.1) is 17.8 Å². The van der Waals surface area contributed by atoms with Crippen molar-refractivity contribution in [3.63, 3.8) is 0 Å². The second-order valence-corrected chi connectivity index (χ2v) is 9.67. The molecule has 2 aliphatic carbocycles. The first-order valence-corrected chi connectivity index (χ1v) is 11.9. The van der Waals surface area contributed by atoms with Crippen LogP contribution in [0.4, 0.5) is 5.95 Å². The van der Waals surface area contributed by atoms with E-state index in [-0.39, 0.29) is 11.6 Å². The number of nitrogens with zero attached hydrogens (tertiary/aromatic N) is 3. The quantitative estimate of drug-likeness (QED) is 0.424. The Morgan fingerprint density at radius 1 is 1.16 bits per heavy atom. The summed E-state index contributed by atoms with van der Waals surface area (Å²) in [4.78, 5) is 14.3. The fourth-order valence-corrected chi connectivity index (χ4v) is 3.63. The maximum absolute atomic E-state index is 11.2. The van der Waals surface area contributed by atoms with Crippen molar-refractivity contribution in [1.82, 2.24) is 15.0 Å². The Morgan fingerprint density at radius 2 is 1.91 bits per heavy atom. The van der Waals surface area contributed by atoms with Gasteiger partial charge < -0.3 is 14.6 Å². The summed E-state index contributed by atoms with van der Waals surface area (Å²) in [6.07, 6.45) is 4.31. The van der Waals surface area contributed by atoms with E-state index in [4.69, 9.17) is 4.74 Å². The molecule has 2 aromatic heterocycles. The van der Waals surface area contributed by atoms with Crippen molar-refractivity contribution in [3.8, 4) is 17.7 Å². The first-order chi connectivity index (χ1) is 15.4. The molecule has 2 saturated carbocycles. The summed E-state index contributed by atoms with van der Waals surface area (Å²) in [6, 6.07) is 10.6. The van der Waals surface area contributed by atoms with Gasteiger partial charge in [-0.2, -0.15) is 4.98 Å². The molecule has 0 bridgehead atoms. The Morgan fingerprint density at radius 3 is 2.56 bits per heavy atom. The third-order valence-electron chi connectivity index (χ3n) is 5.72. The minimum absolute atomic E-state index is 0.116. The van der Waals surface area contributed by atoms with E-state index < -0.39 is 11.1 Å². The van der Waals surface area contributed by atoms with E-state index in [9.17, 15) is 8.76 Å². The number of benzene rings is 1. The van der Waals surface area contributed by atoms with Gasteiger partial charge in [-0.05, 0) is 75.3 Å². The lowest BCUT2D eigenvalue weighted by molar-refractivity contribution is 0.194. The van der Waals surface area contributed by atoms with Crippen LogP contribution in [0.15, 0.2) is 41.3 Å². The molecule has 1 aromatic carbocycles. The van der Waals surface area contributed by atoms with Gasteiger partial charge in [0.25, 0.3) is 0 Å². The van der Waals surface area contributed by atoms with Gasteiger partial charge in [-0.25, -0.2) is 14.2 Å². The summed E-state index contributed by atoms with van der Waals surface area (Å²) in [7, 11) is 0. The maximum atomic E-state index is 11.2. The molecular weight excluding hydrogens is 424 g/mol. The van der Waals surface area contributed by atoms with Crippen molar-refractivity contribution in [3.05, 3.63) is 47.7 Å². The molecule has 2 fully saturated rings. The van der Waals surface area contributed by atoms with E-state index in [1.54, 1.807) is 12.1 Å². The molecule has 0 spiro atoms. The number of pyridine rings is 1. The maximum Gasteiger partial charge on any atom is 0.246 e. The molecule has 0 amide bonds. The first-order valence-electron chi connectivity index (χ1n) is 10.8. The van der Waals surface area contributed by atoms with E-state index in [2.05, 4.69) is 39.0 Å². The molecule has 164 valence electrons. The van der Waals surface area contributed by atoms with Crippen LogP contribution in [-0.4, -0.2) is 29.3 Å². The molecule has 7 nitrogen and oxygen atoms in total. The molecule has 8 heteroatoms. The van der Waals surface area contributed by atoms with Crippen molar-refractivity contribution in [1.29, 1.82) is 0 Å². The summed E-state index contributed by atoms with van der Waals surface area (Å²) in [6.45, 7) is 4.05. The van der Waals surface area contributed by atoms with Crippen LogP contribution in [0.2, 0.25) is 0 Å². The van der Waals surface area contributed by atoms with Gasteiger partial charge in [-0.3, -0.25) is 0 Å². The van der Waals surface area contributed by atoms with Crippen LogP contribution in [0.25, 0.3) is 11.0 Å². The predicted molar refractivity (Wildman–Crippen MR) is 123 cm³/mol. The van der Waals surface area contributed by atoms with Gasteiger partial charge in [-0.15, -0.1) is 0 Å². The number of hydrogen-bond acceptors (Lipinski definition) is 6. The molecule has 5 rings (SSSR count). The van der Waals surface area contributed by atoms with Crippen LogP contribution in [-0.2, 0) is 11.1 Å². The number of anilines is 1. The van der Waals surface area contributed by atoms with E-state index in [1.165, 1.54) is 12.8 Å². The van der Waals surface area contributed by atoms with Gasteiger partial charge in [0.2, 0.25) is 11.8 Å². The highest BCUT2D eigenvalue weighted by Crippen LogP contribution is 2.40. The molecule has 0 aliphatic heterocycles. The number of hydrogen-bond donors (Lipinski definition) is 2. The van der Waals surface area contributed by atoms with Crippen LogP contribution in [0.3, 0.4) is 0 Å². The van der Waals surface area contributed by atoms with Gasteiger partial charge in [0.05, 0.1) is 16.5 Å². The van der Waals surface area contributed by atoms with Crippen molar-refractivity contribution in [2.75, 3.05) is 5.32 Å². The number of ether oxygens (including phenoxy) is 1. The molecule has 2 unspecified atom stereocenters. The fraction of sp³-hybridized carbons (Fsp3) is 0.375. The number of rotatable bonds is 6. The summed E-state index contributed by atoms with van der Waals surface area (Å²) in [5.41, 5.74) is 2.75. The number of nitrogens with one attached hydrogen (secondary N) is 1. The highest BCUT2D eigenvalue weighted by atomic mass is 32.2. The number of fused-ring (bicyclic) bond motifs is 1. The Kier molecular flexibility index (Phi) is 5.31. The third-order valence-corrected chi connectivity index (χ3v) is 6.39. The predicted octanol–water partition coefficient (Wildman–Crippen LogP) is 4.47. The van der Waals surface area contributed by atoms with Crippen molar-refractivity contribution in [2.45, 2.75) is 56.1 Å². The lowest BCUT2D eigenvalue weighted by Gasteiger charge is -2.17. The third kappa shape index (κ3) is 4.74. The highest BCUT2D eigenvalue weighted by molar-refractivity contribution is 7.79. The molecule has 2 N–H and O–H groups in total. The topological polar surface area (TPSA) is 97.2 Å². The first kappa shape index (κ1) is 20.9. The lowest BCUT2D eigenvalue weighted by atomic mass is 10.1. The lowest BCUT2D eigenvalue weighted by Crippen LogP contribution is -2.16. The van der Waals surface area contributed by atoms with Gasteiger partial charge >= 0.3 is 0 Å². The zero-order chi connectivity index (χ0) is 22.3. The summed E-state index contributed by atoms with van der Waals surface area (Å²) in [5, 5.41) is 3.31. The molecule has 0 radical (unpaired) electrons. The normalized spacial score (nSPS) is 18.3. The van der Waals surface area contributed by atoms with Crippen LogP contribution >= 0.6 is 0 Å². The van der Waals surface area contributed by atoms with Gasteiger partial charge in [0.15, 0.2) is 16.6 Å². The Bertz CT molecular complexity index is 1260. The van der Waals surface area contributed by atoms with E-state index in [0.29, 0.717) is 39.4 Å². The Balaban J connectivity index is 1.45. The van der Waals surface area contributed by atoms with Crippen LogP contribution in [0.1, 0.15) is 56.8 Å². The van der Waals surface area contributed by atoms with Gasteiger partial charge in [0, 0.05) is 5.92 Å². The monoisotopic (exact) mass is 448 g/mol. The second-order valence-electron chi connectivity index (χ2n) is 8.70. The average molecular weight is 449 g/mol. The minimum atomic E-state index is -1.99. The molecular formula is C24H24N4O3S. The summed E-state index contributed by atoms with van der Waals surface area (Å²) >= 11 is -1.99. The zero-order valence-electron chi connectivity index (χ0n) is 18.0. The van der Waals surface area contributed by atoms with E-state index in [1.807, 2.05) is 31.2 Å². The van der Waals surface area contributed by atoms with E-state index >= 15 is 0 Å². The second kappa shape index (κ2) is 8.15. The van der Waals surface area contributed by atoms with E-state index in [0.717, 1.165) is 18.4 Å². The molecule has 32 heavy (non-hydrogen) atoms. The smallest absolute Gasteiger partial charge is 0.246 e. The Labute approximate surface area is 189 Å². The largest absolute Gasteiger partial charge is 0.470 e. The highest BCUT2D eigenvalue weighted by Gasteiger charge is 2.41. The van der Waals surface area contributed by atoms with Crippen molar-refractivity contribution in [2.24, 2.45) is 5.92 Å². The van der Waals surface area contributed by atoms with Gasteiger partial charge in [0.1, 0.15) is 11.3 Å². The SMILES string of the molecule is CC(Nc1nc(OC2(C)CC2)c2nc(C#CC3CC3)ccc2n1)c1ccc(S(=O)O)cc1. The summed E-state index contributed by atoms with van der Waals surface area (Å²) < 4.78 is 26.6. The van der Waals surface area contributed by atoms with Crippen molar-refractivity contribution < 1.29 is 13.5 Å². The van der Waals surface area contributed by atoms with Gasteiger partial charge in [-0.1, -0.05) is 18.1 Å². The van der Waals surface area contributed by atoms with Crippen molar-refractivity contribution >= 4 is 28.1 Å². The number of aromatic nitrogens is 3. The summed E-state index contributed by atoms with van der Waals surface area (Å²) in [5.74, 6) is 7.81. The molecule has 2 aliphatic rings. The Hall–Kier alpha value is -3.02. The molecule has 0 saturated heterocycles. The standard InChI is InChI=1S/C24H24N4O3S/c1-15(17-6-10-19(11-7-17)32(29)30)25-23-27-20-12-9-18(8-5-16-3-4-16)26-21(20)22(28-23)31-24(2)13-14-24/h6-7,9-12,15-16H,3-4,13-14H2,1-2H3,(H,29,30)(H,25,27,28). The molecule has 2 heterocycles. The minimum Gasteiger partial charge on any atom is -0.470 e. The van der Waals surface area contributed by atoms with Crippen LogP contribution in [0.5, 0.6) is 5.88 Å². The zero-order valence-corrected chi connectivity index (χ0v) is 18.8. The average Bonchev–Trinajstić information content (AvgIpc) is 3.71. The fourth-order valence-electron chi connectivity index (χ4n) is 3.26. The molecule has 2 atom stereocenters. The van der Waals surface area contributed by atoms with Crippen LogP contribution < -0.4 is 10.1 Å². The molecule has 3 aromatic rings.